The van der Waals surface area contributed by atoms with Gasteiger partial charge in [-0.3, -0.25) is 4.68 Å². The minimum atomic E-state index is 0.477. The van der Waals surface area contributed by atoms with Crippen molar-refractivity contribution in [1.29, 1.82) is 0 Å². The topological polar surface area (TPSA) is 34.8 Å². The number of hydrogen-bond acceptors (Lipinski definition) is 2. The molecule has 2 heterocycles. The van der Waals surface area contributed by atoms with E-state index in [9.17, 15) is 0 Å². The summed E-state index contributed by atoms with van der Waals surface area (Å²) in [4.78, 5) is 0. The molecule has 4 nitrogen and oxygen atoms in total. The maximum atomic E-state index is 6.38. The number of hydrogen-bond donors (Lipinski definition) is 1. The quantitative estimate of drug-likeness (QED) is 0.888. The first-order valence-electron chi connectivity index (χ1n) is 7.12. The van der Waals surface area contributed by atoms with Gasteiger partial charge in [0.2, 0.25) is 0 Å². The van der Waals surface area contributed by atoms with E-state index < -0.39 is 0 Å². The van der Waals surface area contributed by atoms with Crippen molar-refractivity contribution in [3.8, 4) is 0 Å². The summed E-state index contributed by atoms with van der Waals surface area (Å²) in [5.74, 6) is 0. The third-order valence-electron chi connectivity index (χ3n) is 3.39. The molecule has 0 bridgehead atoms. The first kappa shape index (κ1) is 15.1. The summed E-state index contributed by atoms with van der Waals surface area (Å²) in [5.41, 5.74) is 3.24. The van der Waals surface area contributed by atoms with E-state index in [0.29, 0.717) is 6.04 Å². The van der Waals surface area contributed by atoms with Gasteiger partial charge in [-0.05, 0) is 26.0 Å². The molecule has 0 aromatic carbocycles. The van der Waals surface area contributed by atoms with Gasteiger partial charge in [-0.15, -0.1) is 0 Å². The van der Waals surface area contributed by atoms with Crippen LogP contribution in [0, 0.1) is 6.92 Å². The predicted molar refractivity (Wildman–Crippen MR) is 83.2 cm³/mol. The van der Waals surface area contributed by atoms with Crippen molar-refractivity contribution in [1.82, 2.24) is 19.7 Å². The third-order valence-corrected chi connectivity index (χ3v) is 3.88. The van der Waals surface area contributed by atoms with E-state index in [2.05, 4.69) is 54.1 Å². The van der Waals surface area contributed by atoms with Crippen LogP contribution in [0.1, 0.15) is 37.9 Å². The van der Waals surface area contributed by atoms with Gasteiger partial charge in [0.05, 0.1) is 23.0 Å². The molecule has 0 atom stereocenters. The van der Waals surface area contributed by atoms with Gasteiger partial charge in [0.15, 0.2) is 0 Å². The molecule has 0 amide bonds. The van der Waals surface area contributed by atoms with Crippen molar-refractivity contribution in [2.24, 2.45) is 0 Å². The zero-order valence-electron chi connectivity index (χ0n) is 12.7. The zero-order valence-corrected chi connectivity index (χ0v) is 13.4. The highest BCUT2D eigenvalue weighted by Crippen LogP contribution is 2.22. The first-order chi connectivity index (χ1) is 9.52. The fourth-order valence-electron chi connectivity index (χ4n) is 2.25. The van der Waals surface area contributed by atoms with Gasteiger partial charge in [0, 0.05) is 31.0 Å². The molecular weight excluding hydrogens is 272 g/mol. The van der Waals surface area contributed by atoms with Crippen LogP contribution in [0.5, 0.6) is 0 Å². The molecule has 0 radical (unpaired) electrons. The third kappa shape index (κ3) is 3.25. The minimum Gasteiger partial charge on any atom is -0.344 e. The molecule has 0 fully saturated rings. The van der Waals surface area contributed by atoms with Gasteiger partial charge in [0.25, 0.3) is 0 Å². The number of rotatable bonds is 6. The second-order valence-corrected chi connectivity index (χ2v) is 5.70. The molecule has 2 aromatic heterocycles. The van der Waals surface area contributed by atoms with Gasteiger partial charge >= 0.3 is 0 Å². The van der Waals surface area contributed by atoms with Crippen LogP contribution in [0.3, 0.4) is 0 Å². The number of halogens is 1. The molecular formula is C15H23ClN4. The molecule has 2 rings (SSSR count). The van der Waals surface area contributed by atoms with E-state index in [1.54, 1.807) is 0 Å². The molecule has 0 saturated heterocycles. The van der Waals surface area contributed by atoms with Gasteiger partial charge in [-0.1, -0.05) is 25.4 Å². The van der Waals surface area contributed by atoms with Crippen molar-refractivity contribution in [2.75, 3.05) is 0 Å². The van der Waals surface area contributed by atoms with E-state index >= 15 is 0 Å². The summed E-state index contributed by atoms with van der Waals surface area (Å²) in [6, 6.07) is 4.69. The van der Waals surface area contributed by atoms with Crippen LogP contribution in [0.2, 0.25) is 5.02 Å². The highest BCUT2D eigenvalue weighted by atomic mass is 35.5. The summed E-state index contributed by atoms with van der Waals surface area (Å²) in [6.45, 7) is 10.8. The van der Waals surface area contributed by atoms with Crippen LogP contribution in [0.4, 0.5) is 0 Å². The Bertz CT molecular complexity index is 568. The zero-order chi connectivity index (χ0) is 14.7. The predicted octanol–water partition coefficient (Wildman–Crippen LogP) is 3.21. The number of nitrogens with one attached hydrogen (secondary N) is 1. The maximum Gasteiger partial charge on any atom is 0.0865 e. The molecule has 0 spiro atoms. The summed E-state index contributed by atoms with van der Waals surface area (Å²) in [7, 11) is 0. The lowest BCUT2D eigenvalue weighted by Gasteiger charge is -2.13. The molecule has 0 aliphatic carbocycles. The highest BCUT2D eigenvalue weighted by molar-refractivity contribution is 6.31. The Kier molecular flexibility index (Phi) is 4.89. The maximum absolute atomic E-state index is 6.38. The molecule has 1 N–H and O–H groups in total. The van der Waals surface area contributed by atoms with Gasteiger partial charge in [-0.25, -0.2) is 0 Å². The number of aromatic nitrogens is 3. The van der Waals surface area contributed by atoms with Crippen LogP contribution in [0.15, 0.2) is 18.3 Å². The van der Waals surface area contributed by atoms with Gasteiger partial charge in [-0.2, -0.15) is 5.10 Å². The molecule has 0 aliphatic rings. The van der Waals surface area contributed by atoms with Crippen molar-refractivity contribution in [3.05, 3.63) is 40.4 Å². The molecule has 0 aliphatic heterocycles. The van der Waals surface area contributed by atoms with Crippen molar-refractivity contribution >= 4 is 11.6 Å². The van der Waals surface area contributed by atoms with E-state index in [1.807, 2.05) is 11.6 Å². The summed E-state index contributed by atoms with van der Waals surface area (Å²) in [5, 5.41) is 8.70. The number of nitrogens with zero attached hydrogens (tertiary/aromatic N) is 3. The Morgan fingerprint density at radius 2 is 2.15 bits per heavy atom. The Morgan fingerprint density at radius 3 is 2.80 bits per heavy atom. The van der Waals surface area contributed by atoms with E-state index in [0.717, 1.165) is 36.0 Å². The van der Waals surface area contributed by atoms with Crippen LogP contribution in [-0.2, 0) is 19.6 Å². The Hall–Kier alpha value is -1.26. The molecule has 2 aromatic rings. The lowest BCUT2D eigenvalue weighted by atomic mass is 10.3. The monoisotopic (exact) mass is 294 g/mol. The lowest BCUT2D eigenvalue weighted by molar-refractivity contribution is 0.551. The smallest absolute Gasteiger partial charge is 0.0865 e. The fourth-order valence-corrected chi connectivity index (χ4v) is 2.45. The normalized spacial score (nSPS) is 11.5. The fraction of sp³-hybridized carbons (Fsp3) is 0.533. The lowest BCUT2D eigenvalue weighted by Crippen LogP contribution is -2.23. The van der Waals surface area contributed by atoms with E-state index in [-0.39, 0.29) is 0 Å². The van der Waals surface area contributed by atoms with Crippen LogP contribution in [0.25, 0.3) is 0 Å². The van der Waals surface area contributed by atoms with E-state index in [1.165, 1.54) is 5.69 Å². The largest absolute Gasteiger partial charge is 0.344 e. The Labute approximate surface area is 125 Å². The molecule has 0 saturated carbocycles. The Balaban J connectivity index is 2.20. The van der Waals surface area contributed by atoms with Gasteiger partial charge < -0.3 is 9.88 Å². The average Bonchev–Trinajstić information content (AvgIpc) is 2.96. The van der Waals surface area contributed by atoms with Crippen LogP contribution < -0.4 is 5.32 Å². The van der Waals surface area contributed by atoms with E-state index in [4.69, 9.17) is 11.6 Å². The van der Waals surface area contributed by atoms with Crippen LogP contribution in [-0.4, -0.2) is 20.4 Å². The molecule has 0 unspecified atom stereocenters. The van der Waals surface area contributed by atoms with Crippen molar-refractivity contribution in [3.63, 3.8) is 0 Å². The summed E-state index contributed by atoms with van der Waals surface area (Å²) >= 11 is 6.38. The molecule has 110 valence electrons. The SMILES string of the molecule is CCn1nc(C)c(Cl)c1Cn1cccc1CNC(C)C. The second kappa shape index (κ2) is 6.46. The van der Waals surface area contributed by atoms with Crippen molar-refractivity contribution < 1.29 is 0 Å². The average molecular weight is 295 g/mol. The number of aryl methyl sites for hydroxylation is 2. The molecule has 5 heteroatoms. The highest BCUT2D eigenvalue weighted by Gasteiger charge is 2.14. The second-order valence-electron chi connectivity index (χ2n) is 5.32. The molecule has 20 heavy (non-hydrogen) atoms. The minimum absolute atomic E-state index is 0.477. The summed E-state index contributed by atoms with van der Waals surface area (Å²) < 4.78 is 4.21. The van der Waals surface area contributed by atoms with Crippen LogP contribution >= 0.6 is 11.6 Å². The standard InChI is InChI=1S/C15H23ClN4/c1-5-20-14(15(16)12(4)18-20)10-19-8-6-7-13(19)9-17-11(2)3/h6-8,11,17H,5,9-10H2,1-4H3. The first-order valence-corrected chi connectivity index (χ1v) is 7.49. The van der Waals surface area contributed by atoms with Gasteiger partial charge in [0.1, 0.15) is 0 Å². The van der Waals surface area contributed by atoms with Crippen molar-refractivity contribution in [2.45, 2.75) is 53.4 Å². The Morgan fingerprint density at radius 1 is 1.40 bits per heavy atom. The summed E-state index contributed by atoms with van der Waals surface area (Å²) in [6.07, 6.45) is 2.09.